The molecule has 0 aromatic heterocycles. The van der Waals surface area contributed by atoms with E-state index in [2.05, 4.69) is 10.5 Å². The molecule has 0 unspecified atom stereocenters. The predicted octanol–water partition coefficient (Wildman–Crippen LogP) is 4.19. The van der Waals surface area contributed by atoms with Gasteiger partial charge in [-0.05, 0) is 43.7 Å². The molecule has 4 heteroatoms. The van der Waals surface area contributed by atoms with Crippen molar-refractivity contribution in [1.82, 2.24) is 0 Å². The molecule has 2 aromatic carbocycles. The monoisotopic (exact) mass is 274 g/mol. The number of anilines is 1. The molecule has 0 heterocycles. The van der Waals surface area contributed by atoms with E-state index in [4.69, 9.17) is 11.6 Å². The third kappa shape index (κ3) is 3.26. The van der Waals surface area contributed by atoms with Crippen molar-refractivity contribution in [1.29, 1.82) is 0 Å². The van der Waals surface area contributed by atoms with Crippen molar-refractivity contribution >= 4 is 23.0 Å². The molecule has 0 saturated carbocycles. The van der Waals surface area contributed by atoms with Gasteiger partial charge in [0.1, 0.15) is 5.75 Å². The standard InChI is InChI=1S/C15H15ClN2O/c1-10-5-3-4-6-14(10)18-17-11(2)13-9-12(16)7-8-15(13)19/h3-9,18-19H,1-2H3/b17-11+. The Labute approximate surface area is 117 Å². The lowest BCUT2D eigenvalue weighted by Gasteiger charge is -2.07. The van der Waals surface area contributed by atoms with Crippen LogP contribution in [-0.4, -0.2) is 10.8 Å². The highest BCUT2D eigenvalue weighted by atomic mass is 35.5. The Morgan fingerprint density at radius 3 is 2.68 bits per heavy atom. The van der Waals surface area contributed by atoms with Crippen LogP contribution in [0, 0.1) is 6.92 Å². The van der Waals surface area contributed by atoms with E-state index in [1.165, 1.54) is 0 Å². The van der Waals surface area contributed by atoms with Crippen LogP contribution in [0.15, 0.2) is 47.6 Å². The fourth-order valence-corrected chi connectivity index (χ4v) is 1.87. The van der Waals surface area contributed by atoms with Crippen molar-refractivity contribution in [3.8, 4) is 5.75 Å². The zero-order valence-electron chi connectivity index (χ0n) is 10.8. The van der Waals surface area contributed by atoms with Gasteiger partial charge in [-0.2, -0.15) is 5.10 Å². The number of hydrogen-bond acceptors (Lipinski definition) is 3. The van der Waals surface area contributed by atoms with E-state index in [0.717, 1.165) is 11.3 Å². The topological polar surface area (TPSA) is 44.6 Å². The first-order valence-corrected chi connectivity index (χ1v) is 6.30. The summed E-state index contributed by atoms with van der Waals surface area (Å²) < 4.78 is 0. The van der Waals surface area contributed by atoms with Gasteiger partial charge < -0.3 is 5.11 Å². The van der Waals surface area contributed by atoms with Gasteiger partial charge in [-0.25, -0.2) is 0 Å². The van der Waals surface area contributed by atoms with Crippen LogP contribution in [0.2, 0.25) is 5.02 Å². The summed E-state index contributed by atoms with van der Waals surface area (Å²) in [6.45, 7) is 3.82. The van der Waals surface area contributed by atoms with Crippen LogP contribution in [0.4, 0.5) is 5.69 Å². The van der Waals surface area contributed by atoms with E-state index in [9.17, 15) is 5.11 Å². The van der Waals surface area contributed by atoms with E-state index >= 15 is 0 Å². The smallest absolute Gasteiger partial charge is 0.124 e. The number of benzene rings is 2. The zero-order chi connectivity index (χ0) is 13.8. The number of nitrogens with one attached hydrogen (secondary N) is 1. The largest absolute Gasteiger partial charge is 0.507 e. The maximum atomic E-state index is 9.79. The van der Waals surface area contributed by atoms with Gasteiger partial charge in [-0.15, -0.1) is 0 Å². The lowest BCUT2D eigenvalue weighted by Crippen LogP contribution is -2.01. The molecular weight excluding hydrogens is 260 g/mol. The Kier molecular flexibility index (Phi) is 4.07. The molecule has 2 N–H and O–H groups in total. The summed E-state index contributed by atoms with van der Waals surface area (Å²) >= 11 is 5.92. The molecule has 19 heavy (non-hydrogen) atoms. The minimum atomic E-state index is 0.164. The molecule has 0 saturated heterocycles. The van der Waals surface area contributed by atoms with Crippen molar-refractivity contribution in [2.45, 2.75) is 13.8 Å². The molecule has 0 radical (unpaired) electrons. The number of hydrazone groups is 1. The average molecular weight is 275 g/mol. The maximum Gasteiger partial charge on any atom is 0.124 e. The zero-order valence-corrected chi connectivity index (χ0v) is 11.6. The molecule has 98 valence electrons. The second-order valence-electron chi connectivity index (χ2n) is 4.29. The molecule has 0 aliphatic carbocycles. The van der Waals surface area contributed by atoms with Crippen LogP contribution >= 0.6 is 11.6 Å². The first-order valence-electron chi connectivity index (χ1n) is 5.93. The third-order valence-corrected chi connectivity index (χ3v) is 3.07. The second-order valence-corrected chi connectivity index (χ2v) is 4.72. The normalized spacial score (nSPS) is 11.4. The van der Waals surface area contributed by atoms with E-state index < -0.39 is 0 Å². The number of aryl methyl sites for hydroxylation is 1. The van der Waals surface area contributed by atoms with Crippen LogP contribution in [0.5, 0.6) is 5.75 Å². The number of aromatic hydroxyl groups is 1. The van der Waals surface area contributed by atoms with Gasteiger partial charge in [0, 0.05) is 10.6 Å². The molecule has 0 atom stereocenters. The van der Waals surface area contributed by atoms with Crippen molar-refractivity contribution in [3.63, 3.8) is 0 Å². The Balaban J connectivity index is 2.24. The molecule has 0 spiro atoms. The molecule has 2 rings (SSSR count). The molecule has 0 aliphatic rings. The van der Waals surface area contributed by atoms with Gasteiger partial charge in [-0.3, -0.25) is 5.43 Å². The molecule has 0 aliphatic heterocycles. The highest BCUT2D eigenvalue weighted by Crippen LogP contribution is 2.22. The Morgan fingerprint density at radius 2 is 1.95 bits per heavy atom. The van der Waals surface area contributed by atoms with Gasteiger partial charge in [0.2, 0.25) is 0 Å². The third-order valence-electron chi connectivity index (χ3n) is 2.84. The van der Waals surface area contributed by atoms with Crippen molar-refractivity contribution in [2.24, 2.45) is 5.10 Å². The van der Waals surface area contributed by atoms with Crippen molar-refractivity contribution in [3.05, 3.63) is 58.6 Å². The Hall–Kier alpha value is -2.00. The van der Waals surface area contributed by atoms with E-state index in [0.29, 0.717) is 16.3 Å². The number of halogens is 1. The van der Waals surface area contributed by atoms with Gasteiger partial charge >= 0.3 is 0 Å². The first-order chi connectivity index (χ1) is 9.08. The summed E-state index contributed by atoms with van der Waals surface area (Å²) in [5.41, 5.74) is 6.32. The second kappa shape index (κ2) is 5.76. The highest BCUT2D eigenvalue weighted by Gasteiger charge is 2.05. The lowest BCUT2D eigenvalue weighted by atomic mass is 10.1. The minimum absolute atomic E-state index is 0.164. The molecular formula is C15H15ClN2O. The number of rotatable bonds is 3. The molecule has 0 bridgehead atoms. The number of nitrogens with zero attached hydrogens (tertiary/aromatic N) is 1. The first kappa shape index (κ1) is 13.4. The summed E-state index contributed by atoms with van der Waals surface area (Å²) in [4.78, 5) is 0. The number of hydrogen-bond donors (Lipinski definition) is 2. The molecule has 2 aromatic rings. The fourth-order valence-electron chi connectivity index (χ4n) is 1.70. The summed E-state index contributed by atoms with van der Waals surface area (Å²) in [5, 5.41) is 14.6. The number of phenols is 1. The van der Waals surface area contributed by atoms with Crippen LogP contribution in [-0.2, 0) is 0 Å². The minimum Gasteiger partial charge on any atom is -0.507 e. The SMILES string of the molecule is C/C(=N\Nc1ccccc1C)c1cc(Cl)ccc1O. The molecule has 0 fully saturated rings. The Bertz CT molecular complexity index is 623. The Morgan fingerprint density at radius 1 is 1.21 bits per heavy atom. The van der Waals surface area contributed by atoms with Crippen molar-refractivity contribution < 1.29 is 5.11 Å². The molecule has 0 amide bonds. The van der Waals surface area contributed by atoms with Crippen LogP contribution < -0.4 is 5.43 Å². The van der Waals surface area contributed by atoms with E-state index in [1.54, 1.807) is 18.2 Å². The van der Waals surface area contributed by atoms with Crippen LogP contribution in [0.25, 0.3) is 0 Å². The highest BCUT2D eigenvalue weighted by molar-refractivity contribution is 6.31. The fraction of sp³-hybridized carbons (Fsp3) is 0.133. The van der Waals surface area contributed by atoms with Gasteiger partial charge in [0.25, 0.3) is 0 Å². The average Bonchev–Trinajstić information content (AvgIpc) is 2.40. The lowest BCUT2D eigenvalue weighted by molar-refractivity contribution is 0.474. The van der Waals surface area contributed by atoms with Gasteiger partial charge in [0.05, 0.1) is 11.4 Å². The summed E-state index contributed by atoms with van der Waals surface area (Å²) in [7, 11) is 0. The van der Waals surface area contributed by atoms with Crippen molar-refractivity contribution in [2.75, 3.05) is 5.43 Å². The predicted molar refractivity (Wildman–Crippen MR) is 80.1 cm³/mol. The number of phenolic OH excluding ortho intramolecular Hbond substituents is 1. The van der Waals surface area contributed by atoms with E-state index in [-0.39, 0.29) is 5.75 Å². The summed E-state index contributed by atoms with van der Waals surface area (Å²) in [6, 6.07) is 12.8. The molecule has 3 nitrogen and oxygen atoms in total. The van der Waals surface area contributed by atoms with Gasteiger partial charge in [-0.1, -0.05) is 29.8 Å². The van der Waals surface area contributed by atoms with Gasteiger partial charge in [0.15, 0.2) is 0 Å². The summed E-state index contributed by atoms with van der Waals surface area (Å²) in [6.07, 6.45) is 0. The summed E-state index contributed by atoms with van der Waals surface area (Å²) in [5.74, 6) is 0.164. The van der Waals surface area contributed by atoms with Crippen LogP contribution in [0.1, 0.15) is 18.1 Å². The maximum absolute atomic E-state index is 9.79. The number of para-hydroxylation sites is 1. The van der Waals surface area contributed by atoms with Crippen LogP contribution in [0.3, 0.4) is 0 Å². The van der Waals surface area contributed by atoms with E-state index in [1.807, 2.05) is 38.1 Å². The quantitative estimate of drug-likeness (QED) is 0.651.